The van der Waals surface area contributed by atoms with Crippen LogP contribution in [-0.4, -0.2) is 14.2 Å². The lowest BCUT2D eigenvalue weighted by molar-refractivity contribution is 0.101. The summed E-state index contributed by atoms with van der Waals surface area (Å²) < 4.78 is 27.8. The average Bonchev–Trinajstić information content (AvgIpc) is 2.37. The molecule has 21 heavy (non-hydrogen) atoms. The summed E-state index contributed by atoms with van der Waals surface area (Å²) in [5.74, 6) is -0.118. The molecule has 0 heterocycles. The Kier molecular flexibility index (Phi) is 4.49. The van der Waals surface area contributed by atoms with Crippen LogP contribution in [0.2, 0.25) is 0 Å². The first-order chi connectivity index (χ1) is 9.79. The number of benzene rings is 2. The Balaban J connectivity index is 2.37. The quantitative estimate of drug-likeness (QED) is 0.836. The summed E-state index contributed by atoms with van der Waals surface area (Å²) in [5, 5.41) is 0. The highest BCUT2D eigenvalue weighted by Gasteiger charge is 2.18. The SMILES string of the molecule is CC(=O)c1cccc(NS(=O)(=O)c2ccc(C)cc2Br)c1. The zero-order valence-electron chi connectivity index (χ0n) is 11.6. The third-order valence-corrected chi connectivity index (χ3v) is 5.26. The molecule has 0 aliphatic rings. The molecule has 0 saturated heterocycles. The van der Waals surface area contributed by atoms with E-state index < -0.39 is 10.0 Å². The first-order valence-electron chi connectivity index (χ1n) is 6.19. The second-order valence-electron chi connectivity index (χ2n) is 4.68. The highest BCUT2D eigenvalue weighted by atomic mass is 79.9. The highest BCUT2D eigenvalue weighted by molar-refractivity contribution is 9.10. The first kappa shape index (κ1) is 15.7. The first-order valence-corrected chi connectivity index (χ1v) is 8.47. The van der Waals surface area contributed by atoms with Crippen LogP contribution in [0.5, 0.6) is 0 Å². The van der Waals surface area contributed by atoms with Crippen LogP contribution < -0.4 is 4.72 Å². The average molecular weight is 368 g/mol. The number of hydrogen-bond acceptors (Lipinski definition) is 3. The Hall–Kier alpha value is -1.66. The molecule has 2 aromatic carbocycles. The zero-order valence-corrected chi connectivity index (χ0v) is 14.0. The standard InChI is InChI=1S/C15H14BrNO3S/c1-10-6-7-15(14(16)8-10)21(19,20)17-13-5-3-4-12(9-13)11(2)18/h3-9,17H,1-2H3. The second kappa shape index (κ2) is 5.99. The molecular weight excluding hydrogens is 354 g/mol. The normalized spacial score (nSPS) is 11.2. The summed E-state index contributed by atoms with van der Waals surface area (Å²) in [7, 11) is -3.71. The topological polar surface area (TPSA) is 63.2 Å². The van der Waals surface area contributed by atoms with Gasteiger partial charge in [-0.1, -0.05) is 18.2 Å². The van der Waals surface area contributed by atoms with Crippen molar-refractivity contribution in [1.82, 2.24) is 0 Å². The van der Waals surface area contributed by atoms with Crippen molar-refractivity contribution in [3.05, 3.63) is 58.1 Å². The van der Waals surface area contributed by atoms with E-state index >= 15 is 0 Å². The van der Waals surface area contributed by atoms with Crippen molar-refractivity contribution < 1.29 is 13.2 Å². The minimum atomic E-state index is -3.71. The molecule has 0 saturated carbocycles. The van der Waals surface area contributed by atoms with Gasteiger partial charge in [0, 0.05) is 15.7 Å². The number of ketones is 1. The van der Waals surface area contributed by atoms with Crippen LogP contribution in [0.25, 0.3) is 0 Å². The lowest BCUT2D eigenvalue weighted by Gasteiger charge is -2.10. The fraction of sp³-hybridized carbons (Fsp3) is 0.133. The Morgan fingerprint density at radius 2 is 1.86 bits per heavy atom. The largest absolute Gasteiger partial charge is 0.295 e. The van der Waals surface area contributed by atoms with Gasteiger partial charge in [-0.25, -0.2) is 8.42 Å². The van der Waals surface area contributed by atoms with Crippen LogP contribution in [0, 0.1) is 6.92 Å². The Bertz CT molecular complexity index is 800. The minimum Gasteiger partial charge on any atom is -0.295 e. The minimum absolute atomic E-state index is 0.118. The van der Waals surface area contributed by atoms with Gasteiger partial charge in [0.15, 0.2) is 5.78 Å². The van der Waals surface area contributed by atoms with Crippen molar-refractivity contribution in [2.75, 3.05) is 4.72 Å². The Labute approximate surface area is 132 Å². The van der Waals surface area contributed by atoms with Gasteiger partial charge >= 0.3 is 0 Å². The molecule has 0 aliphatic carbocycles. The monoisotopic (exact) mass is 367 g/mol. The summed E-state index contributed by atoms with van der Waals surface area (Å²) in [6, 6.07) is 11.4. The number of carbonyl (C=O) groups excluding carboxylic acids is 1. The molecule has 110 valence electrons. The van der Waals surface area contributed by atoms with Crippen LogP contribution in [0.1, 0.15) is 22.8 Å². The number of rotatable bonds is 4. The Morgan fingerprint density at radius 1 is 1.14 bits per heavy atom. The Morgan fingerprint density at radius 3 is 2.48 bits per heavy atom. The van der Waals surface area contributed by atoms with Crippen LogP contribution in [-0.2, 0) is 10.0 Å². The van der Waals surface area contributed by atoms with E-state index in [1.807, 2.05) is 6.92 Å². The van der Waals surface area contributed by atoms with Crippen molar-refractivity contribution in [3.8, 4) is 0 Å². The maximum atomic E-state index is 12.4. The number of nitrogens with one attached hydrogen (secondary N) is 1. The van der Waals surface area contributed by atoms with Gasteiger partial charge in [-0.2, -0.15) is 0 Å². The van der Waals surface area contributed by atoms with Crippen LogP contribution in [0.15, 0.2) is 51.8 Å². The molecule has 0 unspecified atom stereocenters. The van der Waals surface area contributed by atoms with Gasteiger partial charge in [0.2, 0.25) is 0 Å². The maximum Gasteiger partial charge on any atom is 0.263 e. The molecular formula is C15H14BrNO3S. The summed E-state index contributed by atoms with van der Waals surface area (Å²) in [4.78, 5) is 11.5. The fourth-order valence-corrected chi connectivity index (χ4v) is 4.08. The van der Waals surface area contributed by atoms with Crippen molar-refractivity contribution >= 4 is 37.4 Å². The zero-order chi connectivity index (χ0) is 15.6. The van der Waals surface area contributed by atoms with Crippen LogP contribution in [0.3, 0.4) is 0 Å². The fourth-order valence-electron chi connectivity index (χ4n) is 1.84. The maximum absolute atomic E-state index is 12.4. The molecule has 0 spiro atoms. The van der Waals surface area contributed by atoms with E-state index in [1.54, 1.807) is 30.3 Å². The molecule has 2 rings (SSSR count). The molecule has 0 aromatic heterocycles. The van der Waals surface area contributed by atoms with Gasteiger partial charge in [-0.3, -0.25) is 9.52 Å². The third-order valence-electron chi connectivity index (χ3n) is 2.90. The molecule has 0 amide bonds. The second-order valence-corrected chi connectivity index (χ2v) is 7.18. The van der Waals surface area contributed by atoms with Gasteiger partial charge in [-0.15, -0.1) is 0 Å². The van der Waals surface area contributed by atoms with Gasteiger partial charge in [0.05, 0.1) is 0 Å². The third kappa shape index (κ3) is 3.71. The van der Waals surface area contributed by atoms with Crippen molar-refractivity contribution in [1.29, 1.82) is 0 Å². The van der Waals surface area contributed by atoms with Crippen LogP contribution >= 0.6 is 15.9 Å². The van der Waals surface area contributed by atoms with Crippen LogP contribution in [0.4, 0.5) is 5.69 Å². The molecule has 6 heteroatoms. The van der Waals surface area contributed by atoms with Crippen molar-refractivity contribution in [2.24, 2.45) is 0 Å². The lowest BCUT2D eigenvalue weighted by Crippen LogP contribution is -2.14. The van der Waals surface area contributed by atoms with E-state index in [-0.39, 0.29) is 10.7 Å². The van der Waals surface area contributed by atoms with Crippen molar-refractivity contribution in [2.45, 2.75) is 18.7 Å². The number of anilines is 1. The summed E-state index contributed by atoms with van der Waals surface area (Å²) in [6.07, 6.45) is 0. The summed E-state index contributed by atoms with van der Waals surface area (Å²) >= 11 is 3.26. The smallest absolute Gasteiger partial charge is 0.263 e. The van der Waals surface area contributed by atoms with E-state index in [0.717, 1.165) is 5.56 Å². The number of aryl methyl sites for hydroxylation is 1. The van der Waals surface area contributed by atoms with E-state index in [2.05, 4.69) is 20.7 Å². The number of sulfonamides is 1. The van der Waals surface area contributed by atoms with Gasteiger partial charge < -0.3 is 0 Å². The van der Waals surface area contributed by atoms with Crippen molar-refractivity contribution in [3.63, 3.8) is 0 Å². The number of halogens is 1. The van der Waals surface area contributed by atoms with E-state index in [0.29, 0.717) is 15.7 Å². The van der Waals surface area contributed by atoms with E-state index in [9.17, 15) is 13.2 Å². The number of carbonyl (C=O) groups is 1. The molecule has 0 bridgehead atoms. The summed E-state index contributed by atoms with van der Waals surface area (Å²) in [6.45, 7) is 3.31. The predicted molar refractivity (Wildman–Crippen MR) is 86.1 cm³/mol. The van der Waals surface area contributed by atoms with Gasteiger partial charge in [0.1, 0.15) is 4.90 Å². The molecule has 1 N–H and O–H groups in total. The summed E-state index contributed by atoms with van der Waals surface area (Å²) in [5.41, 5.74) is 1.77. The number of hydrogen-bond donors (Lipinski definition) is 1. The number of Topliss-reactive ketones (excluding diaryl/α,β-unsaturated/α-hetero) is 1. The molecule has 4 nitrogen and oxygen atoms in total. The lowest BCUT2D eigenvalue weighted by atomic mass is 10.1. The molecule has 0 radical (unpaired) electrons. The molecule has 0 aliphatic heterocycles. The molecule has 2 aromatic rings. The molecule has 0 fully saturated rings. The van der Waals surface area contributed by atoms with Gasteiger partial charge in [-0.05, 0) is 59.6 Å². The van der Waals surface area contributed by atoms with E-state index in [4.69, 9.17) is 0 Å². The highest BCUT2D eigenvalue weighted by Crippen LogP contribution is 2.25. The predicted octanol–water partition coefficient (Wildman–Crippen LogP) is 3.76. The van der Waals surface area contributed by atoms with Gasteiger partial charge in [0.25, 0.3) is 10.0 Å². The molecule has 0 atom stereocenters. The van der Waals surface area contributed by atoms with E-state index in [1.165, 1.54) is 19.1 Å².